The highest BCUT2D eigenvalue weighted by atomic mass is 32.2. The van der Waals surface area contributed by atoms with Gasteiger partial charge in [0.2, 0.25) is 15.9 Å². The van der Waals surface area contributed by atoms with E-state index in [-0.39, 0.29) is 24.1 Å². The Morgan fingerprint density at radius 3 is 2.74 bits per heavy atom. The summed E-state index contributed by atoms with van der Waals surface area (Å²) < 4.78 is 25.7. The van der Waals surface area contributed by atoms with Gasteiger partial charge in [0.25, 0.3) is 0 Å². The lowest BCUT2D eigenvalue weighted by Gasteiger charge is -2.16. The van der Waals surface area contributed by atoms with Crippen LogP contribution in [0, 0.1) is 0 Å². The van der Waals surface area contributed by atoms with E-state index in [9.17, 15) is 13.2 Å². The van der Waals surface area contributed by atoms with Crippen molar-refractivity contribution in [3.05, 3.63) is 35.4 Å². The van der Waals surface area contributed by atoms with Gasteiger partial charge in [-0.25, -0.2) is 12.7 Å². The number of benzene rings is 1. The third-order valence-corrected chi connectivity index (χ3v) is 6.70. The number of nitrogens with zero attached hydrogens (tertiary/aromatic N) is 1. The number of sulfonamides is 1. The molecule has 0 saturated carbocycles. The zero-order valence-electron chi connectivity index (χ0n) is 13.3. The first-order chi connectivity index (χ1) is 11.1. The van der Waals surface area contributed by atoms with Crippen LogP contribution in [0.5, 0.6) is 0 Å². The van der Waals surface area contributed by atoms with Crippen LogP contribution < -0.4 is 5.32 Å². The van der Waals surface area contributed by atoms with Gasteiger partial charge in [0.05, 0.1) is 5.75 Å². The number of aryl methyl sites for hydroxylation is 1. The Hall–Kier alpha value is -1.40. The van der Waals surface area contributed by atoms with Gasteiger partial charge in [-0.1, -0.05) is 24.3 Å². The van der Waals surface area contributed by atoms with Crippen molar-refractivity contribution in [1.29, 1.82) is 0 Å². The molecule has 1 atom stereocenters. The normalized spacial score (nSPS) is 21.3. The fraction of sp³-hybridized carbons (Fsp3) is 0.588. The van der Waals surface area contributed by atoms with Gasteiger partial charge in [-0.05, 0) is 42.7 Å². The smallest absolute Gasteiger partial charge is 0.220 e. The van der Waals surface area contributed by atoms with Crippen molar-refractivity contribution in [2.45, 2.75) is 38.0 Å². The number of fused-ring (bicyclic) bond motifs is 1. The second kappa shape index (κ2) is 7.01. The Morgan fingerprint density at radius 2 is 1.96 bits per heavy atom. The molecule has 1 aliphatic carbocycles. The summed E-state index contributed by atoms with van der Waals surface area (Å²) in [6.07, 6.45) is 4.34. The summed E-state index contributed by atoms with van der Waals surface area (Å²) in [6.45, 7) is 1.44. The van der Waals surface area contributed by atoms with E-state index >= 15 is 0 Å². The molecule has 0 spiro atoms. The third-order valence-electron chi connectivity index (χ3n) is 4.83. The first-order valence-electron chi connectivity index (χ1n) is 8.38. The quantitative estimate of drug-likeness (QED) is 0.859. The number of hydrogen-bond donors (Lipinski definition) is 1. The largest absolute Gasteiger partial charge is 0.355 e. The summed E-state index contributed by atoms with van der Waals surface area (Å²) >= 11 is 0. The molecule has 0 aromatic heterocycles. The molecule has 0 radical (unpaired) electrons. The molecule has 1 aromatic rings. The van der Waals surface area contributed by atoms with Crippen LogP contribution in [-0.4, -0.2) is 44.0 Å². The van der Waals surface area contributed by atoms with Crippen LogP contribution in [0.15, 0.2) is 24.3 Å². The Kier molecular flexibility index (Phi) is 5.02. The minimum Gasteiger partial charge on any atom is -0.355 e. The molecule has 2 aliphatic rings. The number of nitrogens with one attached hydrogen (secondary N) is 1. The molecule has 1 aromatic carbocycles. The maximum atomic E-state index is 12.1. The van der Waals surface area contributed by atoms with Crippen LogP contribution in [0.2, 0.25) is 0 Å². The molecule has 1 saturated heterocycles. The Balaban J connectivity index is 1.45. The van der Waals surface area contributed by atoms with Crippen LogP contribution in [0.25, 0.3) is 0 Å². The van der Waals surface area contributed by atoms with Gasteiger partial charge in [0.15, 0.2) is 0 Å². The molecule has 5 nitrogen and oxygen atoms in total. The lowest BCUT2D eigenvalue weighted by Crippen LogP contribution is -2.36. The average molecular weight is 336 g/mol. The molecular formula is C17H24N2O3S. The first kappa shape index (κ1) is 16.5. The zero-order chi connectivity index (χ0) is 16.3. The topological polar surface area (TPSA) is 66.5 Å². The van der Waals surface area contributed by atoms with Crippen LogP contribution in [-0.2, 0) is 21.2 Å². The van der Waals surface area contributed by atoms with Crippen LogP contribution in [0.3, 0.4) is 0 Å². The maximum Gasteiger partial charge on any atom is 0.220 e. The van der Waals surface area contributed by atoms with Crippen molar-refractivity contribution >= 4 is 15.9 Å². The highest BCUT2D eigenvalue weighted by Gasteiger charge is 2.26. The summed E-state index contributed by atoms with van der Waals surface area (Å²) in [7, 11) is -3.21. The second-order valence-electron chi connectivity index (χ2n) is 6.41. The zero-order valence-corrected chi connectivity index (χ0v) is 14.1. The summed E-state index contributed by atoms with van der Waals surface area (Å²) in [5, 5.41) is 2.78. The van der Waals surface area contributed by atoms with E-state index in [4.69, 9.17) is 0 Å². The monoisotopic (exact) mass is 336 g/mol. The molecule has 1 N–H and O–H groups in total. The Labute approximate surface area is 138 Å². The van der Waals surface area contributed by atoms with Gasteiger partial charge >= 0.3 is 0 Å². The summed E-state index contributed by atoms with van der Waals surface area (Å²) in [5.74, 6) is 0.213. The first-order valence-corrected chi connectivity index (χ1v) is 9.99. The van der Waals surface area contributed by atoms with E-state index in [0.29, 0.717) is 19.5 Å². The van der Waals surface area contributed by atoms with Gasteiger partial charge in [-0.15, -0.1) is 0 Å². The van der Waals surface area contributed by atoms with Gasteiger partial charge < -0.3 is 5.32 Å². The molecule has 1 unspecified atom stereocenters. The molecule has 1 fully saturated rings. The molecule has 126 valence electrons. The second-order valence-corrected chi connectivity index (χ2v) is 8.50. The van der Waals surface area contributed by atoms with Crippen LogP contribution in [0.1, 0.15) is 42.7 Å². The number of hydrogen-bond acceptors (Lipinski definition) is 3. The van der Waals surface area contributed by atoms with Gasteiger partial charge in [0, 0.05) is 26.1 Å². The molecule has 3 rings (SSSR count). The van der Waals surface area contributed by atoms with Crippen LogP contribution >= 0.6 is 0 Å². The van der Waals surface area contributed by atoms with Crippen molar-refractivity contribution in [2.75, 3.05) is 25.4 Å². The average Bonchev–Trinajstić information content (AvgIpc) is 3.18. The van der Waals surface area contributed by atoms with E-state index in [1.165, 1.54) is 15.4 Å². The number of carbonyl (C=O) groups excluding carboxylic acids is 1. The standard InChI is InChI=1S/C17H24N2O3S/c20-17(13-15-8-7-14-5-1-2-6-16(14)15)18-9-12-23(21,22)19-10-3-4-11-19/h1-2,5-6,15H,3-4,7-13H2,(H,18,20). The van der Waals surface area contributed by atoms with Crippen molar-refractivity contribution in [3.8, 4) is 0 Å². The van der Waals surface area contributed by atoms with E-state index < -0.39 is 10.0 Å². The molecule has 6 heteroatoms. The van der Waals surface area contributed by atoms with E-state index in [1.54, 1.807) is 0 Å². The predicted molar refractivity (Wildman–Crippen MR) is 89.7 cm³/mol. The SMILES string of the molecule is O=C(CC1CCc2ccccc21)NCCS(=O)(=O)N1CCCC1. The van der Waals surface area contributed by atoms with E-state index in [2.05, 4.69) is 17.4 Å². The number of carbonyl (C=O) groups is 1. The van der Waals surface area contributed by atoms with E-state index in [0.717, 1.165) is 25.7 Å². The summed E-state index contributed by atoms with van der Waals surface area (Å²) in [5.41, 5.74) is 2.61. The van der Waals surface area contributed by atoms with Crippen molar-refractivity contribution in [3.63, 3.8) is 0 Å². The van der Waals surface area contributed by atoms with Crippen molar-refractivity contribution < 1.29 is 13.2 Å². The molecule has 0 bridgehead atoms. The summed E-state index contributed by atoms with van der Waals surface area (Å²) in [6, 6.07) is 8.26. The Bertz CT molecular complexity index is 666. The highest BCUT2D eigenvalue weighted by molar-refractivity contribution is 7.89. The highest BCUT2D eigenvalue weighted by Crippen LogP contribution is 2.34. The minimum absolute atomic E-state index is 0.00000630. The predicted octanol–water partition coefficient (Wildman–Crippen LogP) is 1.65. The molecule has 1 heterocycles. The maximum absolute atomic E-state index is 12.1. The molecule has 23 heavy (non-hydrogen) atoms. The molecular weight excluding hydrogens is 312 g/mol. The lowest BCUT2D eigenvalue weighted by atomic mass is 9.97. The van der Waals surface area contributed by atoms with Crippen LogP contribution in [0.4, 0.5) is 0 Å². The summed E-state index contributed by atoms with van der Waals surface area (Å²) in [4.78, 5) is 12.1. The number of rotatable bonds is 6. The van der Waals surface area contributed by atoms with Gasteiger partial charge in [-0.2, -0.15) is 0 Å². The minimum atomic E-state index is -3.21. The lowest BCUT2D eigenvalue weighted by molar-refractivity contribution is -0.121. The molecule has 1 aliphatic heterocycles. The van der Waals surface area contributed by atoms with Gasteiger partial charge in [-0.3, -0.25) is 4.79 Å². The fourth-order valence-corrected chi connectivity index (χ4v) is 5.00. The third kappa shape index (κ3) is 3.93. The van der Waals surface area contributed by atoms with Crippen molar-refractivity contribution in [1.82, 2.24) is 9.62 Å². The van der Waals surface area contributed by atoms with E-state index in [1.807, 2.05) is 12.1 Å². The molecule has 1 amide bonds. The number of amides is 1. The Morgan fingerprint density at radius 1 is 1.22 bits per heavy atom. The fourth-order valence-electron chi connectivity index (χ4n) is 3.57. The van der Waals surface area contributed by atoms with Crippen molar-refractivity contribution in [2.24, 2.45) is 0 Å². The van der Waals surface area contributed by atoms with Gasteiger partial charge in [0.1, 0.15) is 0 Å².